The van der Waals surface area contributed by atoms with Gasteiger partial charge in [0.2, 0.25) is 0 Å². The van der Waals surface area contributed by atoms with Crippen LogP contribution in [0.4, 0.5) is 0 Å². The molecule has 2 aromatic carbocycles. The number of rotatable bonds is 8. The largest absolute Gasteiger partial charge is 0.489 e. The Labute approximate surface area is 183 Å². The molecule has 0 aliphatic carbocycles. The van der Waals surface area contributed by atoms with Crippen molar-refractivity contribution in [3.8, 4) is 11.5 Å². The lowest BCUT2D eigenvalue weighted by Crippen LogP contribution is -2.18. The zero-order chi connectivity index (χ0) is 21.5. The van der Waals surface area contributed by atoms with Crippen molar-refractivity contribution in [3.63, 3.8) is 0 Å². The zero-order valence-corrected chi connectivity index (χ0v) is 17.9. The molecule has 0 bridgehead atoms. The lowest BCUT2D eigenvalue weighted by atomic mass is 9.78. The highest BCUT2D eigenvalue weighted by molar-refractivity contribution is 5.42. The van der Waals surface area contributed by atoms with E-state index >= 15 is 0 Å². The Balaban J connectivity index is 1.39. The van der Waals surface area contributed by atoms with Gasteiger partial charge in [0, 0.05) is 41.3 Å². The molecule has 31 heavy (non-hydrogen) atoms. The fraction of sp³-hybridized carbons (Fsp3) is 0.185. The Kier molecular flexibility index (Phi) is 6.27. The third-order valence-corrected chi connectivity index (χ3v) is 5.41. The first kappa shape index (κ1) is 20.6. The van der Waals surface area contributed by atoms with Crippen LogP contribution in [0.1, 0.15) is 36.1 Å². The van der Waals surface area contributed by atoms with E-state index in [1.165, 1.54) is 11.1 Å². The molecule has 2 heterocycles. The van der Waals surface area contributed by atoms with E-state index in [0.29, 0.717) is 13.2 Å². The van der Waals surface area contributed by atoms with Crippen LogP contribution in [-0.4, -0.2) is 9.97 Å². The molecule has 0 unspecified atom stereocenters. The van der Waals surface area contributed by atoms with Crippen LogP contribution in [0, 0.1) is 0 Å². The molecule has 0 amide bonds. The first-order valence-corrected chi connectivity index (χ1v) is 10.4. The van der Waals surface area contributed by atoms with E-state index in [2.05, 4.69) is 48.1 Å². The molecule has 0 fully saturated rings. The lowest BCUT2D eigenvalue weighted by Gasteiger charge is -2.26. The van der Waals surface area contributed by atoms with E-state index in [1.54, 1.807) is 12.4 Å². The van der Waals surface area contributed by atoms with Gasteiger partial charge in [-0.3, -0.25) is 9.97 Å². The van der Waals surface area contributed by atoms with Crippen molar-refractivity contribution in [2.24, 2.45) is 0 Å². The number of aromatic nitrogens is 2. The van der Waals surface area contributed by atoms with Crippen LogP contribution in [0.5, 0.6) is 11.5 Å². The van der Waals surface area contributed by atoms with Crippen LogP contribution in [0.3, 0.4) is 0 Å². The molecule has 2 aromatic heterocycles. The van der Waals surface area contributed by atoms with Crippen molar-refractivity contribution in [2.75, 3.05) is 0 Å². The Hall–Kier alpha value is -3.66. The molecule has 0 atom stereocenters. The van der Waals surface area contributed by atoms with Crippen LogP contribution in [0.25, 0.3) is 0 Å². The first-order valence-electron chi connectivity index (χ1n) is 10.4. The maximum Gasteiger partial charge on any atom is 0.119 e. The molecular formula is C27H26N2O2. The summed E-state index contributed by atoms with van der Waals surface area (Å²) >= 11 is 0. The van der Waals surface area contributed by atoms with Gasteiger partial charge in [-0.2, -0.15) is 0 Å². The monoisotopic (exact) mass is 410 g/mol. The van der Waals surface area contributed by atoms with Gasteiger partial charge < -0.3 is 9.47 Å². The lowest BCUT2D eigenvalue weighted by molar-refractivity contribution is 0.305. The van der Waals surface area contributed by atoms with Gasteiger partial charge >= 0.3 is 0 Å². The number of ether oxygens (including phenoxy) is 2. The molecule has 4 heteroatoms. The average Bonchev–Trinajstić information content (AvgIpc) is 2.83. The van der Waals surface area contributed by atoms with Crippen LogP contribution in [0.2, 0.25) is 0 Å². The van der Waals surface area contributed by atoms with Crippen molar-refractivity contribution in [1.29, 1.82) is 0 Å². The fourth-order valence-electron chi connectivity index (χ4n) is 3.40. The molecule has 156 valence electrons. The Morgan fingerprint density at radius 3 is 1.39 bits per heavy atom. The predicted molar refractivity (Wildman–Crippen MR) is 122 cm³/mol. The summed E-state index contributed by atoms with van der Waals surface area (Å²) in [4.78, 5) is 8.24. The van der Waals surface area contributed by atoms with Crippen molar-refractivity contribution in [2.45, 2.75) is 32.5 Å². The molecule has 0 saturated heterocycles. The van der Waals surface area contributed by atoms with Gasteiger partial charge in [-0.1, -0.05) is 50.2 Å². The smallest absolute Gasteiger partial charge is 0.119 e. The van der Waals surface area contributed by atoms with Crippen molar-refractivity contribution in [1.82, 2.24) is 9.97 Å². The zero-order valence-electron chi connectivity index (χ0n) is 17.9. The van der Waals surface area contributed by atoms with E-state index in [1.807, 2.05) is 60.9 Å². The summed E-state index contributed by atoms with van der Waals surface area (Å²) in [5, 5.41) is 0. The minimum Gasteiger partial charge on any atom is -0.489 e. The van der Waals surface area contributed by atoms with Gasteiger partial charge in [0.25, 0.3) is 0 Å². The SMILES string of the molecule is CC(C)(c1ccc(OCc2cccnc2)cc1)c1ccc(OCc2cccnc2)cc1. The quantitative estimate of drug-likeness (QED) is 0.359. The second-order valence-corrected chi connectivity index (χ2v) is 7.97. The molecular weight excluding hydrogens is 384 g/mol. The Bertz CT molecular complexity index is 989. The van der Waals surface area contributed by atoms with Gasteiger partial charge in [-0.25, -0.2) is 0 Å². The van der Waals surface area contributed by atoms with Gasteiger partial charge in [0.1, 0.15) is 24.7 Å². The van der Waals surface area contributed by atoms with Crippen LogP contribution in [0.15, 0.2) is 97.6 Å². The van der Waals surface area contributed by atoms with Crippen molar-refractivity contribution < 1.29 is 9.47 Å². The number of hydrogen-bond acceptors (Lipinski definition) is 4. The maximum absolute atomic E-state index is 5.88. The summed E-state index contributed by atoms with van der Waals surface area (Å²) in [6, 6.07) is 24.5. The summed E-state index contributed by atoms with van der Waals surface area (Å²) < 4.78 is 11.8. The number of nitrogens with zero attached hydrogens (tertiary/aromatic N) is 2. The van der Waals surface area contributed by atoms with Crippen LogP contribution in [-0.2, 0) is 18.6 Å². The first-order chi connectivity index (χ1) is 15.1. The van der Waals surface area contributed by atoms with Crippen LogP contribution >= 0.6 is 0 Å². The highest BCUT2D eigenvalue weighted by Crippen LogP contribution is 2.33. The molecule has 4 rings (SSSR count). The van der Waals surface area contributed by atoms with Gasteiger partial charge in [0.05, 0.1) is 0 Å². The van der Waals surface area contributed by atoms with Crippen LogP contribution < -0.4 is 9.47 Å². The van der Waals surface area contributed by atoms with E-state index in [0.717, 1.165) is 22.6 Å². The number of hydrogen-bond donors (Lipinski definition) is 0. The summed E-state index contributed by atoms with van der Waals surface area (Å²) in [6.07, 6.45) is 7.17. The summed E-state index contributed by atoms with van der Waals surface area (Å²) in [5.74, 6) is 1.70. The normalized spacial score (nSPS) is 11.2. The van der Waals surface area contributed by atoms with Crippen molar-refractivity contribution in [3.05, 3.63) is 120 Å². The minimum absolute atomic E-state index is 0.135. The topological polar surface area (TPSA) is 44.2 Å². The minimum atomic E-state index is -0.135. The van der Waals surface area contributed by atoms with Gasteiger partial charge in [-0.05, 0) is 47.5 Å². The van der Waals surface area contributed by atoms with E-state index in [4.69, 9.17) is 9.47 Å². The molecule has 4 nitrogen and oxygen atoms in total. The van der Waals surface area contributed by atoms with E-state index in [-0.39, 0.29) is 5.41 Å². The molecule has 0 radical (unpaired) electrons. The van der Waals surface area contributed by atoms with Crippen molar-refractivity contribution >= 4 is 0 Å². The standard InChI is InChI=1S/C27H26N2O2/c1-27(2,23-7-11-25(12-8-23)30-19-21-5-3-15-28-17-21)24-9-13-26(14-10-24)31-20-22-6-4-16-29-18-22/h3-18H,19-20H2,1-2H3. The third-order valence-electron chi connectivity index (χ3n) is 5.41. The van der Waals surface area contributed by atoms with Gasteiger partial charge in [0.15, 0.2) is 0 Å². The van der Waals surface area contributed by atoms with E-state index in [9.17, 15) is 0 Å². The Morgan fingerprint density at radius 1 is 0.613 bits per heavy atom. The maximum atomic E-state index is 5.88. The molecule has 0 N–H and O–H groups in total. The number of benzene rings is 2. The molecule has 0 aliphatic heterocycles. The van der Waals surface area contributed by atoms with E-state index < -0.39 is 0 Å². The molecule has 0 saturated carbocycles. The number of pyridine rings is 2. The summed E-state index contributed by atoms with van der Waals surface area (Å²) in [5.41, 5.74) is 4.43. The average molecular weight is 411 g/mol. The Morgan fingerprint density at radius 2 is 1.03 bits per heavy atom. The summed E-state index contributed by atoms with van der Waals surface area (Å²) in [6.45, 7) is 5.47. The predicted octanol–water partition coefficient (Wildman–Crippen LogP) is 5.96. The fourth-order valence-corrected chi connectivity index (χ4v) is 3.40. The molecule has 4 aromatic rings. The molecule has 0 spiro atoms. The second-order valence-electron chi connectivity index (χ2n) is 7.97. The third kappa shape index (κ3) is 5.28. The van der Waals surface area contributed by atoms with Gasteiger partial charge in [-0.15, -0.1) is 0 Å². The molecule has 0 aliphatic rings. The summed E-state index contributed by atoms with van der Waals surface area (Å²) in [7, 11) is 0. The highest BCUT2D eigenvalue weighted by atomic mass is 16.5. The highest BCUT2D eigenvalue weighted by Gasteiger charge is 2.23. The second kappa shape index (κ2) is 9.43.